The molecule has 285 valence electrons. The van der Waals surface area contributed by atoms with Crippen LogP contribution in [0.25, 0.3) is 11.0 Å². The molecule has 0 N–H and O–H groups in total. The summed E-state index contributed by atoms with van der Waals surface area (Å²) in [6.45, 7) is 30.6. The zero-order chi connectivity index (χ0) is 39.9. The lowest BCUT2D eigenvalue weighted by atomic mass is 9.33. The standard InChI is InChI=1S/C51H58BN2OSi/c1-31-26-42-46-43(27-31)54(35-19-21-36(22-20-35)56(12)13)47-45(37-29-38-39(30-44(37)55-47)51(10,11)25-24-50(38,8)9)52(46)40-28-33(49(5,6)7)16-23-41(40)53(42)34-17-14-32(15-18-34)48(2,3)4/h14-23,26-30H,24-25H2,1-13H3. The molecule has 0 unspecified atom stereocenters. The first kappa shape index (κ1) is 37.1. The topological polar surface area (TPSA) is 19.6 Å². The van der Waals surface area contributed by atoms with Gasteiger partial charge in [0.25, 0.3) is 6.71 Å². The normalized spacial score (nSPS) is 16.9. The highest BCUT2D eigenvalue weighted by atomic mass is 28.3. The summed E-state index contributed by atoms with van der Waals surface area (Å²) in [6.07, 6.45) is 2.34. The van der Waals surface area contributed by atoms with Crippen LogP contribution >= 0.6 is 0 Å². The van der Waals surface area contributed by atoms with E-state index >= 15 is 0 Å². The van der Waals surface area contributed by atoms with Crippen LogP contribution < -0.4 is 31.4 Å². The van der Waals surface area contributed by atoms with Gasteiger partial charge in [-0.15, -0.1) is 0 Å². The van der Waals surface area contributed by atoms with Gasteiger partial charge >= 0.3 is 0 Å². The number of hydrogen-bond donors (Lipinski definition) is 0. The van der Waals surface area contributed by atoms with Crippen molar-refractivity contribution in [3.63, 3.8) is 0 Å². The Hall–Kier alpha value is -4.48. The molecule has 6 aromatic rings. The summed E-state index contributed by atoms with van der Waals surface area (Å²) in [5, 5.41) is 2.69. The van der Waals surface area contributed by atoms with Crippen LogP contribution in [0.3, 0.4) is 0 Å². The minimum absolute atomic E-state index is 0.00590. The van der Waals surface area contributed by atoms with Crippen molar-refractivity contribution in [3.05, 3.63) is 119 Å². The van der Waals surface area contributed by atoms with Crippen LogP contribution in [0.5, 0.6) is 0 Å². The fourth-order valence-corrected chi connectivity index (χ4v) is 10.6. The summed E-state index contributed by atoms with van der Waals surface area (Å²) < 4.78 is 7.34. The summed E-state index contributed by atoms with van der Waals surface area (Å²) in [5.41, 5.74) is 18.0. The molecule has 0 spiro atoms. The van der Waals surface area contributed by atoms with Crippen LogP contribution in [0.15, 0.2) is 95.4 Å². The van der Waals surface area contributed by atoms with Gasteiger partial charge in [0.15, 0.2) is 0 Å². The van der Waals surface area contributed by atoms with E-state index in [1.807, 2.05) is 0 Å². The Balaban J connectivity index is 1.40. The van der Waals surface area contributed by atoms with Crippen LogP contribution in [0.4, 0.5) is 34.3 Å². The summed E-state index contributed by atoms with van der Waals surface area (Å²) in [5.74, 6) is 0.952. The molecule has 9 rings (SSSR count). The largest absolute Gasteiger partial charge is 0.440 e. The highest BCUT2D eigenvalue weighted by Crippen LogP contribution is 2.50. The van der Waals surface area contributed by atoms with E-state index in [0.717, 1.165) is 17.2 Å². The molecule has 1 radical (unpaired) electrons. The molecule has 56 heavy (non-hydrogen) atoms. The van der Waals surface area contributed by atoms with Crippen molar-refractivity contribution < 1.29 is 4.42 Å². The summed E-state index contributed by atoms with van der Waals surface area (Å²) in [4.78, 5) is 5.00. The minimum Gasteiger partial charge on any atom is -0.440 e. The van der Waals surface area contributed by atoms with Crippen molar-refractivity contribution in [2.45, 2.75) is 124 Å². The van der Waals surface area contributed by atoms with Gasteiger partial charge in [-0.1, -0.05) is 124 Å². The van der Waals surface area contributed by atoms with E-state index in [1.54, 1.807) is 0 Å². The number of fused-ring (bicyclic) bond motifs is 7. The average Bonchev–Trinajstić information content (AvgIpc) is 3.50. The van der Waals surface area contributed by atoms with Crippen LogP contribution in [-0.2, 0) is 21.7 Å². The molecule has 5 aromatic carbocycles. The smallest absolute Gasteiger partial charge is 0.257 e. The van der Waals surface area contributed by atoms with Gasteiger partial charge < -0.3 is 9.32 Å². The molecule has 0 saturated heterocycles. The van der Waals surface area contributed by atoms with Gasteiger partial charge in [-0.25, -0.2) is 0 Å². The molecule has 0 fully saturated rings. The Morgan fingerprint density at radius 2 is 1.14 bits per heavy atom. The molecule has 5 heteroatoms. The molecule has 1 aliphatic carbocycles. The molecule has 0 atom stereocenters. The molecule has 0 saturated carbocycles. The molecule has 3 nitrogen and oxygen atoms in total. The third kappa shape index (κ3) is 5.66. The van der Waals surface area contributed by atoms with E-state index in [1.165, 1.54) is 90.4 Å². The van der Waals surface area contributed by atoms with E-state index in [-0.39, 0.29) is 28.4 Å². The van der Waals surface area contributed by atoms with E-state index < -0.39 is 8.80 Å². The lowest BCUT2D eigenvalue weighted by molar-refractivity contribution is 0.332. The van der Waals surface area contributed by atoms with Gasteiger partial charge in [-0.2, -0.15) is 0 Å². The number of aryl methyl sites for hydroxylation is 1. The highest BCUT2D eigenvalue weighted by Gasteiger charge is 2.48. The van der Waals surface area contributed by atoms with Crippen molar-refractivity contribution in [3.8, 4) is 0 Å². The highest BCUT2D eigenvalue weighted by molar-refractivity contribution is 7.01. The van der Waals surface area contributed by atoms with Gasteiger partial charge in [0.05, 0.1) is 8.80 Å². The Morgan fingerprint density at radius 3 is 1.73 bits per heavy atom. The Morgan fingerprint density at radius 1 is 0.607 bits per heavy atom. The predicted molar refractivity (Wildman–Crippen MR) is 245 cm³/mol. The molecule has 0 amide bonds. The number of benzene rings is 5. The van der Waals surface area contributed by atoms with Gasteiger partial charge in [-0.3, -0.25) is 4.90 Å². The quantitative estimate of drug-likeness (QED) is 0.168. The number of anilines is 6. The maximum Gasteiger partial charge on any atom is 0.257 e. The first-order valence-corrected chi connectivity index (χ1v) is 23.3. The van der Waals surface area contributed by atoms with Crippen LogP contribution in [0.1, 0.15) is 110 Å². The van der Waals surface area contributed by atoms with Gasteiger partial charge in [0.1, 0.15) is 5.58 Å². The van der Waals surface area contributed by atoms with Crippen molar-refractivity contribution in [1.29, 1.82) is 0 Å². The van der Waals surface area contributed by atoms with Gasteiger partial charge in [0, 0.05) is 39.3 Å². The number of hydrogen-bond acceptors (Lipinski definition) is 3. The minimum atomic E-state index is -0.595. The van der Waals surface area contributed by atoms with E-state index in [9.17, 15) is 0 Å². The lowest BCUT2D eigenvalue weighted by Gasteiger charge is -2.43. The first-order chi connectivity index (χ1) is 26.2. The maximum absolute atomic E-state index is 7.34. The average molecular weight is 754 g/mol. The molecule has 3 aliphatic rings. The monoisotopic (exact) mass is 753 g/mol. The van der Waals surface area contributed by atoms with Crippen molar-refractivity contribution in [2.24, 2.45) is 0 Å². The fraction of sp³-hybridized carbons (Fsp3) is 0.373. The number of nitrogens with zero attached hydrogens (tertiary/aromatic N) is 2. The van der Waals surface area contributed by atoms with E-state index in [0.29, 0.717) is 0 Å². The van der Waals surface area contributed by atoms with E-state index in [2.05, 4.69) is 190 Å². The second kappa shape index (κ2) is 12.3. The molecular formula is C51H58BN2OSi. The Bertz CT molecular complexity index is 2540. The van der Waals surface area contributed by atoms with Crippen LogP contribution in [0, 0.1) is 6.92 Å². The lowest BCUT2D eigenvalue weighted by Crippen LogP contribution is -2.61. The molecule has 0 bridgehead atoms. The second-order valence-electron chi connectivity index (χ2n) is 20.7. The molecular weight excluding hydrogens is 695 g/mol. The zero-order valence-corrected chi connectivity index (χ0v) is 37.0. The van der Waals surface area contributed by atoms with Crippen LogP contribution in [0.2, 0.25) is 13.1 Å². The summed E-state index contributed by atoms with van der Waals surface area (Å²) in [6, 6.07) is 35.7. The number of furan rings is 1. The molecule has 1 aromatic heterocycles. The van der Waals surface area contributed by atoms with Crippen molar-refractivity contribution in [1.82, 2.24) is 0 Å². The Labute approximate surface area is 337 Å². The van der Waals surface area contributed by atoms with Crippen LogP contribution in [-0.4, -0.2) is 15.5 Å². The fourth-order valence-electron chi connectivity index (χ4n) is 9.77. The van der Waals surface area contributed by atoms with Gasteiger partial charge in [-0.05, 0) is 135 Å². The summed E-state index contributed by atoms with van der Waals surface area (Å²) in [7, 11) is -0.595. The second-order valence-corrected chi connectivity index (χ2v) is 23.2. The third-order valence-corrected chi connectivity index (χ3v) is 14.9. The molecule has 3 heterocycles. The van der Waals surface area contributed by atoms with E-state index in [4.69, 9.17) is 4.42 Å². The SMILES string of the molecule is Cc1cc2c3c(c1)N(c1ccc([Si](C)C)cc1)c1oc4cc5c(cc4c1B3c1cc(C(C)(C)C)ccc1N2c1ccc(C(C)(C)C)cc1)C(C)(C)CCC5(C)C. The predicted octanol–water partition coefficient (Wildman–Crippen LogP) is 11.7. The maximum atomic E-state index is 7.34. The van der Waals surface area contributed by atoms with Crippen molar-refractivity contribution in [2.75, 3.05) is 9.80 Å². The van der Waals surface area contributed by atoms with Crippen molar-refractivity contribution >= 4 is 82.4 Å². The number of rotatable bonds is 3. The molecule has 2 aliphatic heterocycles. The Kier molecular flexibility index (Phi) is 8.13. The first-order valence-electron chi connectivity index (χ1n) is 20.8. The van der Waals surface area contributed by atoms with Gasteiger partial charge in [0.2, 0.25) is 5.88 Å². The third-order valence-electron chi connectivity index (χ3n) is 13.4. The summed E-state index contributed by atoms with van der Waals surface area (Å²) >= 11 is 0. The zero-order valence-electron chi connectivity index (χ0n) is 36.0.